The van der Waals surface area contributed by atoms with E-state index in [4.69, 9.17) is 5.73 Å². The summed E-state index contributed by atoms with van der Waals surface area (Å²) in [5.74, 6) is 0.635. The lowest BCUT2D eigenvalue weighted by Gasteiger charge is -2.45. The minimum absolute atomic E-state index is 0.313. The first-order valence-corrected chi connectivity index (χ1v) is 8.87. The van der Waals surface area contributed by atoms with Crippen molar-refractivity contribution >= 4 is 0 Å². The summed E-state index contributed by atoms with van der Waals surface area (Å²) in [4.78, 5) is 2.58. The van der Waals surface area contributed by atoms with E-state index >= 15 is 0 Å². The zero-order valence-electron chi connectivity index (χ0n) is 14.3. The van der Waals surface area contributed by atoms with Crippen LogP contribution in [-0.4, -0.2) is 24.5 Å². The van der Waals surface area contributed by atoms with Crippen molar-refractivity contribution < 1.29 is 0 Å². The number of nitrogens with zero attached hydrogens (tertiary/aromatic N) is 1. The minimum atomic E-state index is 0.313. The van der Waals surface area contributed by atoms with Gasteiger partial charge in [0.1, 0.15) is 0 Å². The van der Waals surface area contributed by atoms with Gasteiger partial charge in [0.25, 0.3) is 0 Å². The second-order valence-electron chi connectivity index (χ2n) is 6.68. The van der Waals surface area contributed by atoms with Crippen molar-refractivity contribution in [2.24, 2.45) is 17.1 Å². The molecule has 0 amide bonds. The van der Waals surface area contributed by atoms with E-state index in [0.717, 1.165) is 19.5 Å². The Labute approximate surface area is 136 Å². The van der Waals surface area contributed by atoms with Crippen LogP contribution in [0.25, 0.3) is 0 Å². The number of rotatable bonds is 7. The van der Waals surface area contributed by atoms with Gasteiger partial charge in [-0.05, 0) is 62.2 Å². The third-order valence-electron chi connectivity index (χ3n) is 5.34. The molecule has 1 unspecified atom stereocenters. The van der Waals surface area contributed by atoms with Crippen molar-refractivity contribution in [1.82, 2.24) is 4.90 Å². The maximum atomic E-state index is 6.23. The Hall–Kier alpha value is -1.12. The number of hydrogen-bond donors (Lipinski definition) is 1. The Balaban J connectivity index is 1.97. The fourth-order valence-corrected chi connectivity index (χ4v) is 3.80. The highest BCUT2D eigenvalue weighted by atomic mass is 15.1. The van der Waals surface area contributed by atoms with Crippen LogP contribution in [0.5, 0.6) is 0 Å². The van der Waals surface area contributed by atoms with Gasteiger partial charge >= 0.3 is 0 Å². The Morgan fingerprint density at radius 2 is 1.86 bits per heavy atom. The first-order valence-electron chi connectivity index (χ1n) is 8.87. The van der Waals surface area contributed by atoms with Crippen LogP contribution >= 0.6 is 0 Å². The summed E-state index contributed by atoms with van der Waals surface area (Å²) in [5, 5.41) is 0. The lowest BCUT2D eigenvalue weighted by Crippen LogP contribution is -2.47. The average molecular weight is 300 g/mol. The highest BCUT2D eigenvalue weighted by Crippen LogP contribution is 2.40. The maximum Gasteiger partial charge on any atom is 0.0233 e. The molecule has 1 aliphatic rings. The van der Waals surface area contributed by atoms with Crippen molar-refractivity contribution in [3.63, 3.8) is 0 Å². The summed E-state index contributed by atoms with van der Waals surface area (Å²) in [7, 11) is 0. The average Bonchev–Trinajstić information content (AvgIpc) is 2.58. The molecule has 1 aromatic rings. The molecule has 0 radical (unpaired) electrons. The molecule has 2 nitrogen and oxygen atoms in total. The monoisotopic (exact) mass is 300 g/mol. The van der Waals surface area contributed by atoms with Crippen LogP contribution in [0.3, 0.4) is 0 Å². The molecule has 1 aliphatic heterocycles. The third-order valence-corrected chi connectivity index (χ3v) is 5.34. The van der Waals surface area contributed by atoms with Gasteiger partial charge in [0, 0.05) is 6.54 Å². The fourth-order valence-electron chi connectivity index (χ4n) is 3.80. The number of hydrogen-bond acceptors (Lipinski definition) is 2. The van der Waals surface area contributed by atoms with Crippen LogP contribution in [0.15, 0.2) is 42.5 Å². The molecule has 0 aromatic heterocycles. The molecule has 1 aromatic carbocycles. The van der Waals surface area contributed by atoms with Gasteiger partial charge in [-0.15, -0.1) is 0 Å². The molecule has 1 atom stereocenters. The second kappa shape index (κ2) is 8.50. The number of piperidine rings is 1. The van der Waals surface area contributed by atoms with Gasteiger partial charge in [0.15, 0.2) is 0 Å². The molecule has 2 rings (SSSR count). The summed E-state index contributed by atoms with van der Waals surface area (Å²) < 4.78 is 0. The zero-order chi connectivity index (χ0) is 15.8. The van der Waals surface area contributed by atoms with Gasteiger partial charge in [-0.1, -0.05) is 56.3 Å². The Bertz CT molecular complexity index is 444. The lowest BCUT2D eigenvalue weighted by molar-refractivity contribution is 0.0674. The lowest BCUT2D eigenvalue weighted by atomic mass is 9.67. The maximum absolute atomic E-state index is 6.23. The zero-order valence-corrected chi connectivity index (χ0v) is 14.3. The van der Waals surface area contributed by atoms with Gasteiger partial charge in [-0.3, -0.25) is 4.90 Å². The quantitative estimate of drug-likeness (QED) is 0.764. The molecule has 1 fully saturated rings. The molecule has 122 valence electrons. The van der Waals surface area contributed by atoms with Crippen LogP contribution in [0.2, 0.25) is 0 Å². The van der Waals surface area contributed by atoms with Crippen molar-refractivity contribution in [2.75, 3.05) is 19.6 Å². The molecule has 0 aliphatic carbocycles. The van der Waals surface area contributed by atoms with Gasteiger partial charge < -0.3 is 5.73 Å². The molecule has 0 saturated carbocycles. The summed E-state index contributed by atoms with van der Waals surface area (Å²) in [5.41, 5.74) is 7.96. The van der Waals surface area contributed by atoms with Crippen LogP contribution in [-0.2, 0) is 6.54 Å². The normalized spacial score (nSPS) is 20.3. The van der Waals surface area contributed by atoms with Gasteiger partial charge in [-0.2, -0.15) is 0 Å². The van der Waals surface area contributed by atoms with E-state index in [2.05, 4.69) is 61.2 Å². The fraction of sp³-hybridized carbons (Fsp3) is 0.600. The topological polar surface area (TPSA) is 29.3 Å². The van der Waals surface area contributed by atoms with Crippen LogP contribution in [0, 0.1) is 11.3 Å². The van der Waals surface area contributed by atoms with Crippen LogP contribution in [0.4, 0.5) is 0 Å². The van der Waals surface area contributed by atoms with Crippen molar-refractivity contribution in [3.8, 4) is 0 Å². The molecule has 2 heteroatoms. The van der Waals surface area contributed by atoms with E-state index < -0.39 is 0 Å². The molecule has 22 heavy (non-hydrogen) atoms. The Morgan fingerprint density at radius 1 is 1.18 bits per heavy atom. The predicted molar refractivity (Wildman–Crippen MR) is 95.7 cm³/mol. The van der Waals surface area contributed by atoms with Gasteiger partial charge in [0.2, 0.25) is 0 Å². The van der Waals surface area contributed by atoms with E-state index in [-0.39, 0.29) is 0 Å². The highest BCUT2D eigenvalue weighted by molar-refractivity contribution is 5.14. The highest BCUT2D eigenvalue weighted by Gasteiger charge is 2.38. The smallest absolute Gasteiger partial charge is 0.0233 e. The number of benzene rings is 1. The van der Waals surface area contributed by atoms with Crippen molar-refractivity contribution in [3.05, 3.63) is 48.0 Å². The molecule has 0 bridgehead atoms. The molecular formula is C20H32N2. The van der Waals surface area contributed by atoms with Crippen molar-refractivity contribution in [1.29, 1.82) is 0 Å². The summed E-state index contributed by atoms with van der Waals surface area (Å²) in [6.45, 7) is 8.74. The molecule has 2 N–H and O–H groups in total. The van der Waals surface area contributed by atoms with E-state index in [1.165, 1.54) is 37.9 Å². The predicted octanol–water partition coefficient (Wildman–Crippen LogP) is 4.22. The third kappa shape index (κ3) is 4.21. The SMILES string of the molecule is CC/C=C\C(CC)C1(CN)CCN(Cc2ccccc2)CC1. The first-order chi connectivity index (χ1) is 10.7. The molecule has 1 saturated heterocycles. The van der Waals surface area contributed by atoms with Crippen molar-refractivity contribution in [2.45, 2.75) is 46.1 Å². The number of nitrogens with two attached hydrogens (primary N) is 1. The Morgan fingerprint density at radius 3 is 2.41 bits per heavy atom. The van der Waals surface area contributed by atoms with E-state index in [0.29, 0.717) is 11.3 Å². The first kappa shape index (κ1) is 17.2. The standard InChI is InChI=1S/C20H32N2/c1-3-5-11-19(4-2)20(17-21)12-14-22(15-13-20)16-18-9-7-6-8-10-18/h5-11,19H,3-4,12-17,21H2,1-2H3/b11-5-. The van der Waals surface area contributed by atoms with E-state index in [1.807, 2.05) is 0 Å². The summed E-state index contributed by atoms with van der Waals surface area (Å²) in [6, 6.07) is 10.8. The number of allylic oxidation sites excluding steroid dienone is 2. The van der Waals surface area contributed by atoms with E-state index in [9.17, 15) is 0 Å². The second-order valence-corrected chi connectivity index (χ2v) is 6.68. The Kier molecular flexibility index (Phi) is 6.66. The van der Waals surface area contributed by atoms with Gasteiger partial charge in [0.05, 0.1) is 0 Å². The van der Waals surface area contributed by atoms with Crippen LogP contribution in [0.1, 0.15) is 45.1 Å². The summed E-state index contributed by atoms with van der Waals surface area (Å²) >= 11 is 0. The van der Waals surface area contributed by atoms with E-state index in [1.54, 1.807) is 0 Å². The molecular weight excluding hydrogens is 268 g/mol. The van der Waals surface area contributed by atoms with Crippen LogP contribution < -0.4 is 5.73 Å². The summed E-state index contributed by atoms with van der Waals surface area (Å²) in [6.07, 6.45) is 9.52. The largest absolute Gasteiger partial charge is 0.330 e. The minimum Gasteiger partial charge on any atom is -0.330 e. The molecule has 0 spiro atoms. The van der Waals surface area contributed by atoms with Gasteiger partial charge in [-0.25, -0.2) is 0 Å². The number of likely N-dealkylation sites (tertiary alicyclic amines) is 1. The molecule has 1 heterocycles.